The maximum Gasteiger partial charge on any atom is 0.155 e. The fourth-order valence-electron chi connectivity index (χ4n) is 7.49. The summed E-state index contributed by atoms with van der Waals surface area (Å²) in [6, 6.07) is 0. The van der Waals surface area contributed by atoms with Gasteiger partial charge in [-0.15, -0.1) is 0 Å². The van der Waals surface area contributed by atoms with Gasteiger partial charge in [-0.3, -0.25) is 4.79 Å². The molecule has 3 saturated carbocycles. The quantitative estimate of drug-likeness (QED) is 0.781. The summed E-state index contributed by atoms with van der Waals surface area (Å²) in [4.78, 5) is 12.3. The predicted octanol–water partition coefficient (Wildman–Crippen LogP) is 4.91. The third-order valence-electron chi connectivity index (χ3n) is 8.86. The normalized spacial score (nSPS) is 50.8. The van der Waals surface area contributed by atoms with Crippen LogP contribution in [0, 0.1) is 34.5 Å². The molecule has 0 aromatic heterocycles. The molecule has 0 amide bonds. The van der Waals surface area contributed by atoms with Gasteiger partial charge < -0.3 is 5.11 Å². The number of ketones is 1. The Labute approximate surface area is 147 Å². The number of aliphatic hydroxyl groups excluding tert-OH is 1. The van der Waals surface area contributed by atoms with E-state index in [1.54, 1.807) is 0 Å². The van der Waals surface area contributed by atoms with Gasteiger partial charge in [0.1, 0.15) is 0 Å². The molecule has 0 bridgehead atoms. The lowest BCUT2D eigenvalue weighted by molar-refractivity contribution is -0.122. The number of rotatable bonds is 2. The van der Waals surface area contributed by atoms with E-state index < -0.39 is 0 Å². The number of aliphatic hydroxyl groups is 1. The minimum absolute atomic E-state index is 0.0902. The molecule has 2 heteroatoms. The van der Waals surface area contributed by atoms with Gasteiger partial charge in [-0.2, -0.15) is 0 Å². The van der Waals surface area contributed by atoms with Crippen LogP contribution in [0.4, 0.5) is 0 Å². The van der Waals surface area contributed by atoms with Crippen molar-refractivity contribution in [3.05, 3.63) is 11.6 Å². The Morgan fingerprint density at radius 3 is 2.71 bits per heavy atom. The van der Waals surface area contributed by atoms with Crippen molar-refractivity contribution in [2.75, 3.05) is 0 Å². The molecular weight excluding hydrogens is 296 g/mol. The molecule has 24 heavy (non-hydrogen) atoms. The molecule has 134 valence electrons. The number of fused-ring (bicyclic) bond motifs is 5. The van der Waals surface area contributed by atoms with Crippen LogP contribution in [0.25, 0.3) is 0 Å². The molecule has 2 nitrogen and oxygen atoms in total. The smallest absolute Gasteiger partial charge is 0.155 e. The van der Waals surface area contributed by atoms with Crippen LogP contribution in [0.15, 0.2) is 11.6 Å². The average molecular weight is 331 g/mol. The summed E-state index contributed by atoms with van der Waals surface area (Å²) >= 11 is 0. The van der Waals surface area contributed by atoms with E-state index in [1.807, 2.05) is 6.08 Å². The van der Waals surface area contributed by atoms with Crippen molar-refractivity contribution in [3.8, 4) is 0 Å². The molecule has 0 spiro atoms. The molecule has 0 radical (unpaired) electrons. The van der Waals surface area contributed by atoms with Crippen LogP contribution in [-0.2, 0) is 4.79 Å². The summed E-state index contributed by atoms with van der Waals surface area (Å²) in [5.74, 6) is 3.10. The summed E-state index contributed by atoms with van der Waals surface area (Å²) < 4.78 is 0. The maximum atomic E-state index is 12.3. The summed E-state index contributed by atoms with van der Waals surface area (Å²) in [7, 11) is 0. The lowest BCUT2D eigenvalue weighted by atomic mass is 9.45. The molecule has 1 unspecified atom stereocenters. The molecule has 1 N–H and O–H groups in total. The monoisotopic (exact) mass is 330 g/mol. The number of carbonyl (C=O) groups excluding carboxylic acids is 1. The number of allylic oxidation sites excluding steroid dienone is 1. The van der Waals surface area contributed by atoms with Crippen LogP contribution in [0.1, 0.15) is 78.6 Å². The van der Waals surface area contributed by atoms with Gasteiger partial charge in [-0.25, -0.2) is 0 Å². The molecule has 3 fully saturated rings. The van der Waals surface area contributed by atoms with E-state index in [2.05, 4.69) is 20.8 Å². The molecule has 0 aliphatic heterocycles. The first-order valence-corrected chi connectivity index (χ1v) is 10.3. The van der Waals surface area contributed by atoms with Gasteiger partial charge in [-0.1, -0.05) is 32.8 Å². The third kappa shape index (κ3) is 2.14. The summed E-state index contributed by atoms with van der Waals surface area (Å²) in [5, 5.41) is 10.6. The number of carbonyl (C=O) groups is 1. The average Bonchev–Trinajstić information content (AvgIpc) is 2.84. The molecule has 4 aliphatic carbocycles. The first kappa shape index (κ1) is 16.8. The van der Waals surface area contributed by atoms with E-state index in [0.29, 0.717) is 17.6 Å². The van der Waals surface area contributed by atoms with Gasteiger partial charge in [0.2, 0.25) is 0 Å². The lowest BCUT2D eigenvalue weighted by Gasteiger charge is -2.60. The fourth-order valence-corrected chi connectivity index (χ4v) is 7.49. The van der Waals surface area contributed by atoms with E-state index in [9.17, 15) is 9.90 Å². The highest BCUT2D eigenvalue weighted by Gasteiger charge is 2.60. The van der Waals surface area contributed by atoms with Crippen LogP contribution < -0.4 is 0 Å². The Hall–Kier alpha value is -0.630. The fraction of sp³-hybridized carbons (Fsp3) is 0.864. The zero-order valence-electron chi connectivity index (χ0n) is 15.7. The molecule has 4 rings (SSSR count). The largest absolute Gasteiger partial charge is 0.393 e. The molecule has 0 aromatic rings. The Kier molecular flexibility index (Phi) is 3.99. The number of hydrogen-bond donors (Lipinski definition) is 1. The van der Waals surface area contributed by atoms with Crippen molar-refractivity contribution in [1.82, 2.24) is 0 Å². The first-order valence-electron chi connectivity index (χ1n) is 10.3. The van der Waals surface area contributed by atoms with E-state index in [0.717, 1.165) is 31.1 Å². The highest BCUT2D eigenvalue weighted by molar-refractivity contribution is 5.92. The van der Waals surface area contributed by atoms with Crippen LogP contribution in [-0.4, -0.2) is 17.0 Å². The zero-order valence-corrected chi connectivity index (χ0v) is 15.7. The number of hydrogen-bond acceptors (Lipinski definition) is 2. The van der Waals surface area contributed by atoms with Crippen molar-refractivity contribution >= 4 is 5.78 Å². The topological polar surface area (TPSA) is 37.3 Å². The second-order valence-corrected chi connectivity index (χ2v) is 9.66. The molecule has 0 heterocycles. The van der Waals surface area contributed by atoms with E-state index >= 15 is 0 Å². The summed E-state index contributed by atoms with van der Waals surface area (Å²) in [5.41, 5.74) is 1.87. The van der Waals surface area contributed by atoms with Crippen LogP contribution in [0.5, 0.6) is 0 Å². The van der Waals surface area contributed by atoms with Gasteiger partial charge in [0, 0.05) is 6.42 Å². The summed E-state index contributed by atoms with van der Waals surface area (Å²) in [6.45, 7) is 7.11. The molecule has 0 aromatic carbocycles. The standard InChI is InChI=1S/C22H34O2/c1-4-5-14-12-16(23)13-15-6-7-17-18-8-9-20(24)21(18,2)11-10-19(17)22(14,15)3/h13-14,17-20,24H,4-12H2,1-3H3/t14?,17-,18-,19-,20-,21-,22-/m0/s1. The second kappa shape index (κ2) is 5.69. The van der Waals surface area contributed by atoms with Gasteiger partial charge in [0.25, 0.3) is 0 Å². The Morgan fingerprint density at radius 2 is 1.96 bits per heavy atom. The van der Waals surface area contributed by atoms with Gasteiger partial charge >= 0.3 is 0 Å². The predicted molar refractivity (Wildman–Crippen MR) is 96.5 cm³/mol. The molecule has 7 atom stereocenters. The SMILES string of the molecule is CCCC1CC(=O)C=C2CC[C@H]3[C@@H]4CC[C@H](O)[C@@]4(C)CC[C@@H]3[C@]21C. The van der Waals surface area contributed by atoms with E-state index in [4.69, 9.17) is 0 Å². The van der Waals surface area contributed by atoms with Gasteiger partial charge in [0.05, 0.1) is 6.10 Å². The minimum atomic E-state index is -0.0902. The van der Waals surface area contributed by atoms with Crippen molar-refractivity contribution < 1.29 is 9.90 Å². The molecule has 4 aliphatic rings. The van der Waals surface area contributed by atoms with Crippen molar-refractivity contribution in [2.24, 2.45) is 34.5 Å². The zero-order chi connectivity index (χ0) is 17.1. The first-order chi connectivity index (χ1) is 11.4. The molecule has 0 saturated heterocycles. The Bertz CT molecular complexity index is 564. The summed E-state index contributed by atoms with van der Waals surface area (Å²) in [6.07, 6.45) is 12.1. The second-order valence-electron chi connectivity index (χ2n) is 9.66. The van der Waals surface area contributed by atoms with E-state index in [1.165, 1.54) is 44.1 Å². The highest BCUT2D eigenvalue weighted by atomic mass is 16.3. The Balaban J connectivity index is 1.71. The maximum absolute atomic E-state index is 12.3. The minimum Gasteiger partial charge on any atom is -0.393 e. The Morgan fingerprint density at radius 1 is 1.17 bits per heavy atom. The van der Waals surface area contributed by atoms with Crippen molar-refractivity contribution in [2.45, 2.75) is 84.7 Å². The van der Waals surface area contributed by atoms with Crippen LogP contribution in [0.3, 0.4) is 0 Å². The third-order valence-corrected chi connectivity index (χ3v) is 8.86. The highest BCUT2D eigenvalue weighted by Crippen LogP contribution is 2.66. The van der Waals surface area contributed by atoms with Crippen molar-refractivity contribution in [3.63, 3.8) is 0 Å². The lowest BCUT2D eigenvalue weighted by Crippen LogP contribution is -2.53. The van der Waals surface area contributed by atoms with Gasteiger partial charge in [-0.05, 0) is 85.5 Å². The van der Waals surface area contributed by atoms with Crippen molar-refractivity contribution in [1.29, 1.82) is 0 Å². The van der Waals surface area contributed by atoms with Gasteiger partial charge in [0.15, 0.2) is 5.78 Å². The van der Waals surface area contributed by atoms with Crippen LogP contribution >= 0.6 is 0 Å². The van der Waals surface area contributed by atoms with E-state index in [-0.39, 0.29) is 16.9 Å². The molecular formula is C22H34O2. The van der Waals surface area contributed by atoms with Crippen LogP contribution in [0.2, 0.25) is 0 Å².